The lowest BCUT2D eigenvalue weighted by molar-refractivity contribution is -0.137. The molecule has 1 aromatic carbocycles. The minimum Gasteiger partial charge on any atom is -0.342 e. The van der Waals surface area contributed by atoms with E-state index in [4.69, 9.17) is 0 Å². The molecule has 0 atom stereocenters. The second-order valence-electron chi connectivity index (χ2n) is 5.35. The van der Waals surface area contributed by atoms with Gasteiger partial charge in [-0.15, -0.1) is 0 Å². The van der Waals surface area contributed by atoms with Crippen molar-refractivity contribution in [1.29, 1.82) is 0 Å². The summed E-state index contributed by atoms with van der Waals surface area (Å²) in [6.07, 6.45) is 2.18. The zero-order valence-electron chi connectivity index (χ0n) is 10.1. The van der Waals surface area contributed by atoms with Gasteiger partial charge < -0.3 is 9.88 Å². The van der Waals surface area contributed by atoms with Gasteiger partial charge in [0.25, 0.3) is 0 Å². The molecule has 2 aromatic rings. The molecule has 1 saturated heterocycles. The number of imidazole rings is 1. The summed E-state index contributed by atoms with van der Waals surface area (Å²) < 4.78 is 0. The number of nitrogens with zero attached hydrogens (tertiary/aromatic N) is 2. The Hall–Kier alpha value is -1.84. The molecule has 0 unspecified atom stereocenters. The normalized spacial score (nSPS) is 20.1. The highest BCUT2D eigenvalue weighted by molar-refractivity contribution is 5.82. The molecule has 1 N–H and O–H groups in total. The van der Waals surface area contributed by atoms with Crippen molar-refractivity contribution in [3.05, 3.63) is 30.1 Å². The molecule has 4 rings (SSSR count). The summed E-state index contributed by atoms with van der Waals surface area (Å²) in [6, 6.07) is 8.06. The van der Waals surface area contributed by atoms with E-state index in [1.54, 1.807) is 0 Å². The summed E-state index contributed by atoms with van der Waals surface area (Å²) in [5.41, 5.74) is 2.10. The molecule has 1 aliphatic carbocycles. The molecule has 92 valence electrons. The third-order valence-electron chi connectivity index (χ3n) is 3.91. The van der Waals surface area contributed by atoms with Crippen molar-refractivity contribution in [2.75, 3.05) is 13.1 Å². The molecule has 18 heavy (non-hydrogen) atoms. The number of rotatable bonds is 2. The molecular formula is C14H15N3O. The lowest BCUT2D eigenvalue weighted by Gasteiger charge is -2.38. The van der Waals surface area contributed by atoms with E-state index in [-0.39, 0.29) is 0 Å². The summed E-state index contributed by atoms with van der Waals surface area (Å²) in [4.78, 5) is 21.7. The lowest BCUT2D eigenvalue weighted by atomic mass is 9.99. The molecule has 1 aromatic heterocycles. The fraction of sp³-hybridized carbons (Fsp3) is 0.429. The van der Waals surface area contributed by atoms with Gasteiger partial charge in [0.1, 0.15) is 5.82 Å². The van der Waals surface area contributed by atoms with Crippen LogP contribution in [0.3, 0.4) is 0 Å². The number of carbonyl (C=O) groups excluding carboxylic acids is 1. The zero-order valence-corrected chi connectivity index (χ0v) is 10.1. The van der Waals surface area contributed by atoms with Gasteiger partial charge in [-0.1, -0.05) is 12.1 Å². The third kappa shape index (κ3) is 1.52. The summed E-state index contributed by atoms with van der Waals surface area (Å²) in [5.74, 6) is 2.10. The maximum absolute atomic E-state index is 11.8. The Bertz CT molecular complexity index is 575. The van der Waals surface area contributed by atoms with E-state index in [1.165, 1.54) is 0 Å². The van der Waals surface area contributed by atoms with Crippen molar-refractivity contribution in [2.24, 2.45) is 5.92 Å². The summed E-state index contributed by atoms with van der Waals surface area (Å²) >= 11 is 0. The van der Waals surface area contributed by atoms with Crippen molar-refractivity contribution >= 4 is 16.9 Å². The molecule has 4 heteroatoms. The lowest BCUT2D eigenvalue weighted by Crippen LogP contribution is -2.49. The quantitative estimate of drug-likeness (QED) is 0.873. The van der Waals surface area contributed by atoms with Gasteiger partial charge in [-0.3, -0.25) is 4.79 Å². The first kappa shape index (κ1) is 10.1. The molecule has 1 saturated carbocycles. The van der Waals surface area contributed by atoms with Crippen molar-refractivity contribution in [3.63, 3.8) is 0 Å². The first-order chi connectivity index (χ1) is 8.81. The number of aromatic nitrogens is 2. The number of hydrogen-bond donors (Lipinski definition) is 1. The number of nitrogens with one attached hydrogen (secondary N) is 1. The Labute approximate surface area is 105 Å². The largest absolute Gasteiger partial charge is 0.342 e. The van der Waals surface area contributed by atoms with E-state index in [0.29, 0.717) is 17.7 Å². The molecule has 1 aliphatic heterocycles. The van der Waals surface area contributed by atoms with E-state index < -0.39 is 0 Å². The maximum atomic E-state index is 11.8. The minimum absolute atomic E-state index is 0.335. The first-order valence-corrected chi connectivity index (χ1v) is 6.55. The Morgan fingerprint density at radius 1 is 1.28 bits per heavy atom. The number of likely N-dealkylation sites (tertiary alicyclic amines) is 1. The molecular weight excluding hydrogens is 226 g/mol. The number of fused-ring (bicyclic) bond motifs is 1. The molecule has 0 bridgehead atoms. The summed E-state index contributed by atoms with van der Waals surface area (Å²) in [6.45, 7) is 1.66. The van der Waals surface area contributed by atoms with Crippen LogP contribution in [0.4, 0.5) is 0 Å². The van der Waals surface area contributed by atoms with Crippen molar-refractivity contribution in [3.8, 4) is 0 Å². The van der Waals surface area contributed by atoms with E-state index in [1.807, 2.05) is 29.2 Å². The number of para-hydroxylation sites is 2. The van der Waals surface area contributed by atoms with Crippen LogP contribution in [-0.4, -0.2) is 33.9 Å². The molecule has 1 amide bonds. The maximum Gasteiger partial charge on any atom is 0.225 e. The molecule has 0 spiro atoms. The fourth-order valence-corrected chi connectivity index (χ4v) is 2.59. The Morgan fingerprint density at radius 2 is 2.06 bits per heavy atom. The third-order valence-corrected chi connectivity index (χ3v) is 3.91. The van der Waals surface area contributed by atoms with E-state index in [9.17, 15) is 4.79 Å². The summed E-state index contributed by atoms with van der Waals surface area (Å²) in [5, 5.41) is 0. The molecule has 2 heterocycles. The average molecular weight is 241 g/mol. The van der Waals surface area contributed by atoms with Crippen molar-refractivity contribution in [1.82, 2.24) is 14.9 Å². The highest BCUT2D eigenvalue weighted by Gasteiger charge is 2.40. The summed E-state index contributed by atoms with van der Waals surface area (Å²) in [7, 11) is 0. The molecule has 4 nitrogen and oxygen atoms in total. The van der Waals surface area contributed by atoms with Crippen LogP contribution in [0.15, 0.2) is 24.3 Å². The van der Waals surface area contributed by atoms with Gasteiger partial charge in [0.05, 0.1) is 17.0 Å². The van der Waals surface area contributed by atoms with Crippen LogP contribution in [0.5, 0.6) is 0 Å². The highest BCUT2D eigenvalue weighted by atomic mass is 16.2. The molecule has 0 radical (unpaired) electrons. The zero-order chi connectivity index (χ0) is 12.1. The average Bonchev–Trinajstić information content (AvgIpc) is 3.07. The number of benzene rings is 1. The predicted molar refractivity (Wildman–Crippen MR) is 68.1 cm³/mol. The molecule has 2 aliphatic rings. The topological polar surface area (TPSA) is 49.0 Å². The highest BCUT2D eigenvalue weighted by Crippen LogP contribution is 2.35. The monoisotopic (exact) mass is 241 g/mol. The Morgan fingerprint density at radius 3 is 2.78 bits per heavy atom. The van der Waals surface area contributed by atoms with E-state index in [2.05, 4.69) is 9.97 Å². The van der Waals surface area contributed by atoms with Crippen LogP contribution in [0.25, 0.3) is 11.0 Å². The van der Waals surface area contributed by atoms with Gasteiger partial charge in [0.15, 0.2) is 0 Å². The SMILES string of the molecule is O=C(C1CC1)N1CC(c2nc3ccccc3[nH]2)C1. The van der Waals surface area contributed by atoms with Crippen LogP contribution < -0.4 is 0 Å². The number of amides is 1. The standard InChI is InChI=1S/C14H15N3O/c18-14(9-5-6-9)17-7-10(8-17)13-15-11-3-1-2-4-12(11)16-13/h1-4,9-10H,5-8H2,(H,15,16). The van der Waals surface area contributed by atoms with Crippen LogP contribution in [0, 0.1) is 5.92 Å². The van der Waals surface area contributed by atoms with Crippen LogP contribution in [-0.2, 0) is 4.79 Å². The molecule has 2 fully saturated rings. The number of aromatic amines is 1. The van der Waals surface area contributed by atoms with Crippen molar-refractivity contribution in [2.45, 2.75) is 18.8 Å². The van der Waals surface area contributed by atoms with E-state index >= 15 is 0 Å². The van der Waals surface area contributed by atoms with Gasteiger partial charge >= 0.3 is 0 Å². The second-order valence-corrected chi connectivity index (χ2v) is 5.35. The van der Waals surface area contributed by atoms with Gasteiger partial charge in [0, 0.05) is 19.0 Å². The fourth-order valence-electron chi connectivity index (χ4n) is 2.59. The van der Waals surface area contributed by atoms with E-state index in [0.717, 1.165) is 42.8 Å². The van der Waals surface area contributed by atoms with Crippen molar-refractivity contribution < 1.29 is 4.79 Å². The van der Waals surface area contributed by atoms with Gasteiger partial charge in [-0.2, -0.15) is 0 Å². The van der Waals surface area contributed by atoms with Crippen LogP contribution in [0.2, 0.25) is 0 Å². The van der Waals surface area contributed by atoms with Crippen LogP contribution in [0.1, 0.15) is 24.6 Å². The first-order valence-electron chi connectivity index (χ1n) is 6.55. The smallest absolute Gasteiger partial charge is 0.225 e. The number of carbonyl (C=O) groups is 1. The second kappa shape index (κ2) is 3.57. The number of hydrogen-bond acceptors (Lipinski definition) is 2. The van der Waals surface area contributed by atoms with Crippen LogP contribution >= 0.6 is 0 Å². The van der Waals surface area contributed by atoms with Gasteiger partial charge in [-0.05, 0) is 25.0 Å². The number of H-pyrrole nitrogens is 1. The van der Waals surface area contributed by atoms with Gasteiger partial charge in [-0.25, -0.2) is 4.98 Å². The van der Waals surface area contributed by atoms with Gasteiger partial charge in [0.2, 0.25) is 5.91 Å². The Kier molecular flexibility index (Phi) is 2.01. The minimum atomic E-state index is 0.335. The Balaban J connectivity index is 1.50. The predicted octanol–water partition coefficient (Wildman–Crippen LogP) is 1.90.